The van der Waals surface area contributed by atoms with Crippen LogP contribution in [-0.4, -0.2) is 44.9 Å². The standard InChI is InChI=1S/C12H12ClN3O5/c13-10-3-8(9(4-14-10)16(20)21)12(19)15(6-11(17)18)5-7-1-2-7/h3-4,7H,1-2,5-6H2,(H,17,18). The molecule has 0 spiro atoms. The number of aromatic nitrogens is 1. The molecule has 0 radical (unpaired) electrons. The largest absolute Gasteiger partial charge is 0.480 e. The van der Waals surface area contributed by atoms with Gasteiger partial charge in [0.2, 0.25) is 0 Å². The Balaban J connectivity index is 2.32. The summed E-state index contributed by atoms with van der Waals surface area (Å²) in [7, 11) is 0. The Morgan fingerprint density at radius 2 is 2.19 bits per heavy atom. The minimum atomic E-state index is -1.17. The van der Waals surface area contributed by atoms with Crippen molar-refractivity contribution in [3.8, 4) is 0 Å². The van der Waals surface area contributed by atoms with Gasteiger partial charge >= 0.3 is 5.97 Å². The van der Waals surface area contributed by atoms with Crippen LogP contribution in [0.25, 0.3) is 0 Å². The summed E-state index contributed by atoms with van der Waals surface area (Å²) in [4.78, 5) is 38.1. The summed E-state index contributed by atoms with van der Waals surface area (Å²) >= 11 is 5.67. The van der Waals surface area contributed by atoms with Gasteiger partial charge in [0.25, 0.3) is 11.6 Å². The number of amides is 1. The fraction of sp³-hybridized carbons (Fsp3) is 0.417. The van der Waals surface area contributed by atoms with Gasteiger partial charge in [0.1, 0.15) is 23.5 Å². The Kier molecular flexibility index (Phi) is 4.37. The van der Waals surface area contributed by atoms with Gasteiger partial charge in [-0.25, -0.2) is 4.98 Å². The van der Waals surface area contributed by atoms with Crippen molar-refractivity contribution in [2.75, 3.05) is 13.1 Å². The van der Waals surface area contributed by atoms with Crippen molar-refractivity contribution in [3.63, 3.8) is 0 Å². The normalized spacial score (nSPS) is 13.8. The molecule has 0 atom stereocenters. The number of carbonyl (C=O) groups is 2. The van der Waals surface area contributed by atoms with Crippen LogP contribution in [0.1, 0.15) is 23.2 Å². The number of halogens is 1. The van der Waals surface area contributed by atoms with Crippen molar-refractivity contribution in [3.05, 3.63) is 33.1 Å². The van der Waals surface area contributed by atoms with Crippen molar-refractivity contribution >= 4 is 29.2 Å². The fourth-order valence-corrected chi connectivity index (χ4v) is 2.06. The van der Waals surface area contributed by atoms with Crippen LogP contribution in [0.3, 0.4) is 0 Å². The van der Waals surface area contributed by atoms with E-state index in [0.717, 1.165) is 30.0 Å². The van der Waals surface area contributed by atoms with E-state index in [4.69, 9.17) is 16.7 Å². The highest BCUT2D eigenvalue weighted by molar-refractivity contribution is 6.29. The number of carboxylic acid groups (broad SMARTS) is 1. The third kappa shape index (κ3) is 3.88. The molecule has 0 saturated heterocycles. The van der Waals surface area contributed by atoms with Gasteiger partial charge in [0, 0.05) is 6.54 Å². The number of carboxylic acids is 1. The molecule has 1 amide bonds. The van der Waals surface area contributed by atoms with Gasteiger partial charge in [-0.1, -0.05) is 11.6 Å². The number of hydrogen-bond acceptors (Lipinski definition) is 5. The van der Waals surface area contributed by atoms with Crippen LogP contribution < -0.4 is 0 Å². The minimum absolute atomic E-state index is 0.0642. The van der Waals surface area contributed by atoms with Gasteiger partial charge in [0.05, 0.1) is 4.92 Å². The number of nitro groups is 1. The van der Waals surface area contributed by atoms with Crippen LogP contribution in [-0.2, 0) is 4.79 Å². The summed E-state index contributed by atoms with van der Waals surface area (Å²) in [5, 5.41) is 19.8. The molecule has 8 nitrogen and oxygen atoms in total. The van der Waals surface area contributed by atoms with Crippen molar-refractivity contribution in [2.45, 2.75) is 12.8 Å². The molecule has 1 aliphatic carbocycles. The summed E-state index contributed by atoms with van der Waals surface area (Å²) in [5.41, 5.74) is -0.738. The van der Waals surface area contributed by atoms with E-state index in [-0.39, 0.29) is 23.2 Å². The highest BCUT2D eigenvalue weighted by atomic mass is 35.5. The molecule has 1 aromatic heterocycles. The predicted molar refractivity (Wildman–Crippen MR) is 72.2 cm³/mol. The van der Waals surface area contributed by atoms with Gasteiger partial charge < -0.3 is 10.0 Å². The molecular formula is C12H12ClN3O5. The zero-order chi connectivity index (χ0) is 15.6. The van der Waals surface area contributed by atoms with E-state index in [0.29, 0.717) is 0 Å². The first-order valence-corrected chi connectivity index (χ1v) is 6.57. The molecule has 1 aromatic rings. The van der Waals surface area contributed by atoms with Crippen LogP contribution in [0.4, 0.5) is 5.69 Å². The van der Waals surface area contributed by atoms with Crippen molar-refractivity contribution in [1.82, 2.24) is 9.88 Å². The summed E-state index contributed by atoms with van der Waals surface area (Å²) in [6.07, 6.45) is 2.73. The Morgan fingerprint density at radius 3 is 2.71 bits per heavy atom. The molecule has 21 heavy (non-hydrogen) atoms. The molecule has 1 aliphatic rings. The van der Waals surface area contributed by atoms with Gasteiger partial charge in [-0.15, -0.1) is 0 Å². The minimum Gasteiger partial charge on any atom is -0.480 e. The Bertz CT molecular complexity index is 603. The third-order valence-corrected chi connectivity index (χ3v) is 3.27. The van der Waals surface area contributed by atoms with Crippen molar-refractivity contribution in [2.24, 2.45) is 5.92 Å². The molecule has 2 rings (SSSR count). The lowest BCUT2D eigenvalue weighted by molar-refractivity contribution is -0.385. The first-order valence-electron chi connectivity index (χ1n) is 6.19. The summed E-state index contributed by atoms with van der Waals surface area (Å²) < 4.78 is 0. The number of pyridine rings is 1. The second-order valence-electron chi connectivity index (χ2n) is 4.80. The Hall–Kier alpha value is -2.22. The second-order valence-corrected chi connectivity index (χ2v) is 5.19. The van der Waals surface area contributed by atoms with Crippen molar-refractivity contribution in [1.29, 1.82) is 0 Å². The molecule has 0 aliphatic heterocycles. The first-order chi connectivity index (χ1) is 9.88. The molecule has 0 aromatic carbocycles. The number of aliphatic carboxylic acids is 1. The molecule has 1 saturated carbocycles. The van der Waals surface area contributed by atoms with Crippen molar-refractivity contribution < 1.29 is 19.6 Å². The lowest BCUT2D eigenvalue weighted by Gasteiger charge is -2.20. The van der Waals surface area contributed by atoms with Gasteiger partial charge in [-0.3, -0.25) is 19.7 Å². The highest BCUT2D eigenvalue weighted by Gasteiger charge is 2.31. The molecule has 9 heteroatoms. The first kappa shape index (κ1) is 15.2. The number of nitrogens with zero attached hydrogens (tertiary/aromatic N) is 3. The molecule has 0 bridgehead atoms. The lowest BCUT2D eigenvalue weighted by atomic mass is 10.2. The van der Waals surface area contributed by atoms with Gasteiger partial charge in [0.15, 0.2) is 0 Å². The van der Waals surface area contributed by atoms with Crippen LogP contribution >= 0.6 is 11.6 Å². The van der Waals surface area contributed by atoms with Crippen LogP contribution in [0.15, 0.2) is 12.3 Å². The zero-order valence-electron chi connectivity index (χ0n) is 10.9. The lowest BCUT2D eigenvalue weighted by Crippen LogP contribution is -2.37. The van der Waals surface area contributed by atoms with Gasteiger partial charge in [-0.05, 0) is 24.8 Å². The van der Waals surface area contributed by atoms with E-state index in [1.165, 1.54) is 0 Å². The van der Waals surface area contributed by atoms with E-state index in [2.05, 4.69) is 4.98 Å². The average Bonchev–Trinajstić information content (AvgIpc) is 3.20. The molecule has 1 heterocycles. The molecule has 1 N–H and O–H groups in total. The number of carbonyl (C=O) groups excluding carboxylic acids is 1. The fourth-order valence-electron chi connectivity index (χ4n) is 1.90. The SMILES string of the molecule is O=C(O)CN(CC1CC1)C(=O)c1cc(Cl)ncc1[N+](=O)[O-]. The van der Waals surface area contributed by atoms with E-state index in [1.807, 2.05) is 0 Å². The number of hydrogen-bond donors (Lipinski definition) is 1. The zero-order valence-corrected chi connectivity index (χ0v) is 11.6. The maximum absolute atomic E-state index is 12.4. The summed E-state index contributed by atoms with van der Waals surface area (Å²) in [6, 6.07) is 1.09. The maximum Gasteiger partial charge on any atom is 0.323 e. The quantitative estimate of drug-likeness (QED) is 0.484. The monoisotopic (exact) mass is 313 g/mol. The Morgan fingerprint density at radius 1 is 1.52 bits per heavy atom. The van der Waals surface area contributed by atoms with Crippen LogP contribution in [0.2, 0.25) is 5.15 Å². The molecule has 0 unspecified atom stereocenters. The predicted octanol–water partition coefficient (Wildman–Crippen LogP) is 1.58. The van der Waals surface area contributed by atoms with E-state index in [9.17, 15) is 19.7 Å². The number of rotatable bonds is 6. The topological polar surface area (TPSA) is 114 Å². The van der Waals surface area contributed by atoms with Crippen LogP contribution in [0, 0.1) is 16.0 Å². The third-order valence-electron chi connectivity index (χ3n) is 3.07. The molecular weight excluding hydrogens is 302 g/mol. The van der Waals surface area contributed by atoms with Crippen LogP contribution in [0.5, 0.6) is 0 Å². The Labute approximate surface area is 124 Å². The van der Waals surface area contributed by atoms with E-state index >= 15 is 0 Å². The summed E-state index contributed by atoms with van der Waals surface area (Å²) in [6.45, 7) is -0.241. The smallest absolute Gasteiger partial charge is 0.323 e. The van der Waals surface area contributed by atoms with Gasteiger partial charge in [-0.2, -0.15) is 0 Å². The van der Waals surface area contributed by atoms with E-state index < -0.39 is 29.0 Å². The molecule has 1 fully saturated rings. The second kappa shape index (κ2) is 6.04. The summed E-state index contributed by atoms with van der Waals surface area (Å²) in [5.74, 6) is -1.64. The molecule has 112 valence electrons. The highest BCUT2D eigenvalue weighted by Crippen LogP contribution is 2.31. The maximum atomic E-state index is 12.4. The van der Waals surface area contributed by atoms with E-state index in [1.54, 1.807) is 0 Å². The average molecular weight is 314 g/mol.